The molecule has 3 aromatic carbocycles. The summed E-state index contributed by atoms with van der Waals surface area (Å²) in [5.41, 5.74) is 1.89. The smallest absolute Gasteiger partial charge is 0.263 e. The van der Waals surface area contributed by atoms with Crippen molar-refractivity contribution in [2.24, 2.45) is 0 Å². The highest BCUT2D eigenvalue weighted by molar-refractivity contribution is 7.92. The van der Waals surface area contributed by atoms with Crippen LogP contribution in [0.15, 0.2) is 77.7 Å². The van der Waals surface area contributed by atoms with Crippen molar-refractivity contribution in [1.82, 2.24) is 9.97 Å². The molecule has 7 nitrogen and oxygen atoms in total. The molecule has 170 valence electrons. The van der Waals surface area contributed by atoms with Crippen LogP contribution in [-0.4, -0.2) is 25.0 Å². The Bertz CT molecular complexity index is 1360. The molecule has 0 aliphatic heterocycles. The zero-order chi connectivity index (χ0) is 23.3. The minimum Gasteiger partial charge on any atom is -0.494 e. The Kier molecular flexibility index (Phi) is 6.96. The molecule has 1 heterocycles. The number of sulfonamides is 1. The maximum Gasteiger partial charge on any atom is 0.263 e. The Labute approximate surface area is 197 Å². The van der Waals surface area contributed by atoms with Crippen LogP contribution in [0.3, 0.4) is 0 Å². The lowest BCUT2D eigenvalue weighted by atomic mass is 10.3. The molecular formula is C24H23ClN4O3S. The van der Waals surface area contributed by atoms with Gasteiger partial charge in [0.15, 0.2) is 11.6 Å². The summed E-state index contributed by atoms with van der Waals surface area (Å²) in [6.07, 6.45) is 2.01. The Morgan fingerprint density at radius 2 is 1.61 bits per heavy atom. The number of ether oxygens (including phenoxy) is 1. The van der Waals surface area contributed by atoms with Crippen molar-refractivity contribution < 1.29 is 13.2 Å². The fourth-order valence-electron chi connectivity index (χ4n) is 3.09. The largest absolute Gasteiger partial charge is 0.494 e. The van der Waals surface area contributed by atoms with Crippen molar-refractivity contribution in [3.05, 3.63) is 77.8 Å². The van der Waals surface area contributed by atoms with Crippen LogP contribution in [0.5, 0.6) is 5.75 Å². The number of nitrogens with zero attached hydrogens (tertiary/aromatic N) is 2. The van der Waals surface area contributed by atoms with E-state index in [4.69, 9.17) is 16.3 Å². The normalized spacial score (nSPS) is 11.3. The molecule has 0 amide bonds. The molecule has 4 aromatic rings. The summed E-state index contributed by atoms with van der Waals surface area (Å²) in [6, 6.07) is 20.6. The van der Waals surface area contributed by atoms with E-state index in [9.17, 15) is 8.42 Å². The van der Waals surface area contributed by atoms with E-state index in [1.54, 1.807) is 6.07 Å². The average Bonchev–Trinajstić information content (AvgIpc) is 2.80. The molecule has 0 spiro atoms. The number of hydrogen-bond acceptors (Lipinski definition) is 6. The minimum absolute atomic E-state index is 0.0686. The monoisotopic (exact) mass is 482 g/mol. The second-order valence-electron chi connectivity index (χ2n) is 7.32. The van der Waals surface area contributed by atoms with Crippen LogP contribution in [0.2, 0.25) is 5.02 Å². The summed E-state index contributed by atoms with van der Waals surface area (Å²) in [4.78, 5) is 9.18. The van der Waals surface area contributed by atoms with Gasteiger partial charge in [-0.05, 0) is 55.0 Å². The van der Waals surface area contributed by atoms with E-state index in [1.807, 2.05) is 42.5 Å². The Morgan fingerprint density at radius 3 is 2.30 bits per heavy atom. The SMILES string of the molecule is CCCCOc1cccc(Nc2nc3ccccc3nc2NS(=O)(=O)c2ccc(Cl)cc2)c1. The second-order valence-corrected chi connectivity index (χ2v) is 9.44. The van der Waals surface area contributed by atoms with E-state index in [-0.39, 0.29) is 16.5 Å². The van der Waals surface area contributed by atoms with Crippen molar-refractivity contribution in [2.45, 2.75) is 24.7 Å². The Morgan fingerprint density at radius 1 is 0.909 bits per heavy atom. The number of nitrogens with one attached hydrogen (secondary N) is 2. The van der Waals surface area contributed by atoms with E-state index in [0.29, 0.717) is 34.1 Å². The Hall–Kier alpha value is -3.36. The number of para-hydroxylation sites is 2. The van der Waals surface area contributed by atoms with Crippen molar-refractivity contribution in [3.63, 3.8) is 0 Å². The van der Waals surface area contributed by atoms with E-state index in [0.717, 1.165) is 12.8 Å². The highest BCUT2D eigenvalue weighted by Gasteiger charge is 2.19. The predicted octanol–water partition coefficient (Wildman–Crippen LogP) is 6.01. The highest BCUT2D eigenvalue weighted by atomic mass is 35.5. The number of rotatable bonds is 9. The molecule has 0 radical (unpaired) electrons. The van der Waals surface area contributed by atoms with Gasteiger partial charge in [-0.2, -0.15) is 0 Å². The number of hydrogen-bond donors (Lipinski definition) is 2. The van der Waals surface area contributed by atoms with E-state index in [2.05, 4.69) is 26.9 Å². The van der Waals surface area contributed by atoms with Crippen molar-refractivity contribution in [2.75, 3.05) is 16.6 Å². The summed E-state index contributed by atoms with van der Waals surface area (Å²) < 4.78 is 34.3. The minimum atomic E-state index is -3.91. The highest BCUT2D eigenvalue weighted by Crippen LogP contribution is 2.28. The molecule has 0 fully saturated rings. The van der Waals surface area contributed by atoms with Crippen molar-refractivity contribution >= 4 is 50.0 Å². The van der Waals surface area contributed by atoms with Crippen LogP contribution < -0.4 is 14.8 Å². The van der Waals surface area contributed by atoms with E-state index < -0.39 is 10.0 Å². The molecule has 2 N–H and O–H groups in total. The first-order valence-electron chi connectivity index (χ1n) is 10.5. The molecule has 0 saturated carbocycles. The summed E-state index contributed by atoms with van der Waals surface area (Å²) in [6.45, 7) is 2.73. The number of fused-ring (bicyclic) bond motifs is 1. The van der Waals surface area contributed by atoms with Crippen molar-refractivity contribution in [1.29, 1.82) is 0 Å². The molecule has 33 heavy (non-hydrogen) atoms. The lowest BCUT2D eigenvalue weighted by Gasteiger charge is -2.14. The molecular weight excluding hydrogens is 460 g/mol. The van der Waals surface area contributed by atoms with E-state index >= 15 is 0 Å². The number of halogens is 1. The summed E-state index contributed by atoms with van der Waals surface area (Å²) >= 11 is 5.90. The zero-order valence-electron chi connectivity index (χ0n) is 18.0. The maximum absolute atomic E-state index is 13.0. The first-order chi connectivity index (χ1) is 15.9. The molecule has 0 aliphatic carbocycles. The summed E-state index contributed by atoms with van der Waals surface area (Å²) in [5.74, 6) is 1.07. The fraction of sp³-hybridized carbons (Fsp3) is 0.167. The molecule has 0 saturated heterocycles. The van der Waals surface area contributed by atoms with Gasteiger partial charge in [0.1, 0.15) is 5.75 Å². The third kappa shape index (κ3) is 5.71. The van der Waals surface area contributed by atoms with Crippen molar-refractivity contribution in [3.8, 4) is 5.75 Å². The van der Waals surface area contributed by atoms with Crippen LogP contribution in [-0.2, 0) is 10.0 Å². The van der Waals surface area contributed by atoms with Crippen LogP contribution in [0.25, 0.3) is 11.0 Å². The third-order valence-corrected chi connectivity index (χ3v) is 6.40. The second kappa shape index (κ2) is 10.1. The summed E-state index contributed by atoms with van der Waals surface area (Å²) in [5, 5.41) is 3.62. The van der Waals surface area contributed by atoms with Gasteiger partial charge in [0.05, 0.1) is 22.5 Å². The van der Waals surface area contributed by atoms with E-state index in [1.165, 1.54) is 24.3 Å². The topological polar surface area (TPSA) is 93.2 Å². The Balaban J connectivity index is 1.68. The molecule has 0 bridgehead atoms. The molecule has 0 atom stereocenters. The molecule has 4 rings (SSSR count). The third-order valence-electron chi connectivity index (χ3n) is 4.79. The first-order valence-corrected chi connectivity index (χ1v) is 12.4. The lowest BCUT2D eigenvalue weighted by Crippen LogP contribution is -2.16. The standard InChI is InChI=1S/C24H23ClN4O3S/c1-2-3-15-32-19-8-6-7-18(16-19)26-23-24(28-22-10-5-4-9-21(22)27-23)29-33(30,31)20-13-11-17(25)12-14-20/h4-14,16H,2-3,15H2,1H3,(H,26,27)(H,28,29). The predicted molar refractivity (Wildman–Crippen MR) is 132 cm³/mol. The lowest BCUT2D eigenvalue weighted by molar-refractivity contribution is 0.309. The van der Waals surface area contributed by atoms with Crippen LogP contribution >= 0.6 is 11.6 Å². The van der Waals surface area contributed by atoms with Gasteiger partial charge in [0.25, 0.3) is 10.0 Å². The van der Waals surface area contributed by atoms with Gasteiger partial charge in [-0.1, -0.05) is 43.1 Å². The number of aromatic nitrogens is 2. The molecule has 1 aromatic heterocycles. The summed E-state index contributed by atoms with van der Waals surface area (Å²) in [7, 11) is -3.91. The van der Waals surface area contributed by atoms with Crippen LogP contribution in [0.1, 0.15) is 19.8 Å². The number of unbranched alkanes of at least 4 members (excludes halogenated alkanes) is 1. The molecule has 9 heteroatoms. The van der Waals surface area contributed by atoms with Crippen LogP contribution in [0.4, 0.5) is 17.3 Å². The van der Waals surface area contributed by atoms with Gasteiger partial charge >= 0.3 is 0 Å². The van der Waals surface area contributed by atoms with Crippen LogP contribution in [0, 0.1) is 0 Å². The van der Waals surface area contributed by atoms with Gasteiger partial charge in [-0.3, -0.25) is 4.72 Å². The van der Waals surface area contributed by atoms with Gasteiger partial charge in [-0.15, -0.1) is 0 Å². The van der Waals surface area contributed by atoms with Gasteiger partial charge in [0, 0.05) is 16.8 Å². The molecule has 0 aliphatic rings. The number of benzene rings is 3. The fourth-order valence-corrected chi connectivity index (χ4v) is 4.23. The maximum atomic E-state index is 13.0. The average molecular weight is 483 g/mol. The van der Waals surface area contributed by atoms with Gasteiger partial charge in [-0.25, -0.2) is 18.4 Å². The molecule has 0 unspecified atom stereocenters. The first kappa shape index (κ1) is 22.8. The number of anilines is 3. The van der Waals surface area contributed by atoms with Gasteiger partial charge < -0.3 is 10.1 Å². The quantitative estimate of drug-likeness (QED) is 0.284. The van der Waals surface area contributed by atoms with Gasteiger partial charge in [0.2, 0.25) is 0 Å². The zero-order valence-corrected chi connectivity index (χ0v) is 19.5.